The predicted molar refractivity (Wildman–Crippen MR) is 56.1 cm³/mol. The van der Waals surface area contributed by atoms with Gasteiger partial charge < -0.3 is 4.74 Å². The Labute approximate surface area is 89.1 Å². The molecule has 0 heterocycles. The zero-order valence-corrected chi connectivity index (χ0v) is 9.21. The highest BCUT2D eigenvalue weighted by Gasteiger charge is 2.33. The molecule has 1 aromatic rings. The second-order valence-electron chi connectivity index (χ2n) is 3.83. The van der Waals surface area contributed by atoms with Gasteiger partial charge in [-0.15, -0.1) is 0 Å². The number of benzene rings is 1. The minimum absolute atomic E-state index is 0.302. The number of carbonyl (C=O) groups is 1. The number of ether oxygens (including phenoxy) is 1. The Bertz CT molecular complexity index is 358. The van der Waals surface area contributed by atoms with Gasteiger partial charge in [-0.2, -0.15) is 0 Å². The first-order chi connectivity index (χ1) is 7.00. The lowest BCUT2D eigenvalue weighted by Crippen LogP contribution is -2.32. The summed E-state index contributed by atoms with van der Waals surface area (Å²) in [4.78, 5) is 11.6. The van der Waals surface area contributed by atoms with Crippen LogP contribution in [0, 0.1) is 5.82 Å². The lowest BCUT2D eigenvalue weighted by Gasteiger charge is -2.23. The van der Waals surface area contributed by atoms with Crippen molar-refractivity contribution in [3.05, 3.63) is 35.6 Å². The van der Waals surface area contributed by atoms with Crippen LogP contribution in [0.25, 0.3) is 0 Å². The van der Waals surface area contributed by atoms with Crippen molar-refractivity contribution < 1.29 is 13.9 Å². The summed E-state index contributed by atoms with van der Waals surface area (Å²) in [6, 6.07) is 6.25. The summed E-state index contributed by atoms with van der Waals surface area (Å²) in [5.74, 6) is -0.786. The number of halogens is 1. The van der Waals surface area contributed by atoms with Crippen LogP contribution in [0.15, 0.2) is 24.3 Å². The molecule has 1 rings (SSSR count). The lowest BCUT2D eigenvalue weighted by atomic mass is 9.84. The molecule has 0 aliphatic carbocycles. The SMILES string of the molecule is CCOC(=O)C(C)(C)c1ccccc1F. The fourth-order valence-electron chi connectivity index (χ4n) is 1.39. The van der Waals surface area contributed by atoms with Crippen molar-refractivity contribution in [1.29, 1.82) is 0 Å². The predicted octanol–water partition coefficient (Wildman–Crippen LogP) is 2.67. The quantitative estimate of drug-likeness (QED) is 0.717. The van der Waals surface area contributed by atoms with E-state index in [2.05, 4.69) is 0 Å². The molecule has 0 radical (unpaired) electrons. The van der Waals surface area contributed by atoms with Crippen LogP contribution < -0.4 is 0 Å². The van der Waals surface area contributed by atoms with Gasteiger partial charge in [-0.05, 0) is 26.8 Å². The van der Waals surface area contributed by atoms with Crippen molar-refractivity contribution in [3.63, 3.8) is 0 Å². The average molecular weight is 210 g/mol. The van der Waals surface area contributed by atoms with Crippen LogP contribution in [0.2, 0.25) is 0 Å². The maximum atomic E-state index is 13.5. The Morgan fingerprint density at radius 2 is 2.00 bits per heavy atom. The van der Waals surface area contributed by atoms with E-state index in [-0.39, 0.29) is 5.82 Å². The van der Waals surface area contributed by atoms with Gasteiger partial charge in [-0.25, -0.2) is 4.39 Å². The van der Waals surface area contributed by atoms with Crippen molar-refractivity contribution in [2.45, 2.75) is 26.2 Å². The molecule has 1 aromatic carbocycles. The first-order valence-electron chi connectivity index (χ1n) is 4.92. The normalized spacial score (nSPS) is 11.2. The van der Waals surface area contributed by atoms with E-state index in [1.807, 2.05) is 0 Å². The van der Waals surface area contributed by atoms with Crippen molar-refractivity contribution in [3.8, 4) is 0 Å². The molecule has 3 heteroatoms. The van der Waals surface area contributed by atoms with E-state index in [1.165, 1.54) is 6.07 Å². The summed E-state index contributed by atoms with van der Waals surface area (Å²) in [6.07, 6.45) is 0. The highest BCUT2D eigenvalue weighted by molar-refractivity contribution is 5.82. The molecule has 0 fully saturated rings. The summed E-state index contributed by atoms with van der Waals surface area (Å²) in [5, 5.41) is 0. The van der Waals surface area contributed by atoms with E-state index in [1.54, 1.807) is 39.0 Å². The molecule has 15 heavy (non-hydrogen) atoms. The summed E-state index contributed by atoms with van der Waals surface area (Å²) in [6.45, 7) is 5.35. The van der Waals surface area contributed by atoms with Crippen LogP contribution in [0.4, 0.5) is 4.39 Å². The number of hydrogen-bond acceptors (Lipinski definition) is 2. The number of esters is 1. The van der Waals surface area contributed by atoms with Crippen LogP contribution in [0.1, 0.15) is 26.3 Å². The Hall–Kier alpha value is -1.38. The molecule has 0 aromatic heterocycles. The third-order valence-electron chi connectivity index (χ3n) is 2.33. The van der Waals surface area contributed by atoms with Crippen LogP contribution in [0.5, 0.6) is 0 Å². The molecule has 0 amide bonds. The third kappa shape index (κ3) is 2.35. The maximum Gasteiger partial charge on any atom is 0.316 e. The van der Waals surface area contributed by atoms with Gasteiger partial charge in [0.25, 0.3) is 0 Å². The highest BCUT2D eigenvalue weighted by atomic mass is 19.1. The second-order valence-corrected chi connectivity index (χ2v) is 3.83. The number of carbonyl (C=O) groups excluding carboxylic acids is 1. The molecule has 0 aliphatic rings. The van der Waals surface area contributed by atoms with Crippen molar-refractivity contribution in [2.24, 2.45) is 0 Å². The van der Waals surface area contributed by atoms with Gasteiger partial charge in [-0.1, -0.05) is 18.2 Å². The summed E-state index contributed by atoms with van der Waals surface area (Å²) >= 11 is 0. The molecule has 0 N–H and O–H groups in total. The lowest BCUT2D eigenvalue weighted by molar-refractivity contribution is -0.148. The smallest absolute Gasteiger partial charge is 0.316 e. The number of rotatable bonds is 3. The van der Waals surface area contributed by atoms with E-state index in [0.29, 0.717) is 12.2 Å². The zero-order valence-electron chi connectivity index (χ0n) is 9.21. The molecule has 0 saturated heterocycles. The second kappa shape index (κ2) is 4.43. The van der Waals surface area contributed by atoms with Crippen LogP contribution in [-0.4, -0.2) is 12.6 Å². The van der Waals surface area contributed by atoms with Gasteiger partial charge >= 0.3 is 5.97 Å². The van der Waals surface area contributed by atoms with Crippen molar-refractivity contribution >= 4 is 5.97 Å². The highest BCUT2D eigenvalue weighted by Crippen LogP contribution is 2.26. The molecule has 0 unspecified atom stereocenters. The summed E-state index contributed by atoms with van der Waals surface area (Å²) in [7, 11) is 0. The minimum atomic E-state index is -0.943. The van der Waals surface area contributed by atoms with Gasteiger partial charge in [0.1, 0.15) is 5.82 Å². The Balaban J connectivity index is 3.05. The Morgan fingerprint density at radius 1 is 1.40 bits per heavy atom. The average Bonchev–Trinajstić information content (AvgIpc) is 2.18. The maximum absolute atomic E-state index is 13.5. The zero-order chi connectivity index (χ0) is 11.5. The molecule has 0 atom stereocenters. The van der Waals surface area contributed by atoms with Crippen molar-refractivity contribution in [1.82, 2.24) is 0 Å². The minimum Gasteiger partial charge on any atom is -0.465 e. The van der Waals surface area contributed by atoms with Gasteiger partial charge in [0, 0.05) is 5.56 Å². The molecular weight excluding hydrogens is 195 g/mol. The van der Waals surface area contributed by atoms with Gasteiger partial charge in [-0.3, -0.25) is 4.79 Å². The molecule has 2 nitrogen and oxygen atoms in total. The first kappa shape index (κ1) is 11.7. The fourth-order valence-corrected chi connectivity index (χ4v) is 1.39. The first-order valence-corrected chi connectivity index (χ1v) is 4.92. The Morgan fingerprint density at radius 3 is 2.53 bits per heavy atom. The largest absolute Gasteiger partial charge is 0.465 e. The summed E-state index contributed by atoms with van der Waals surface area (Å²) in [5.41, 5.74) is -0.579. The molecule has 0 spiro atoms. The molecule has 0 aliphatic heterocycles. The van der Waals surface area contributed by atoms with Gasteiger partial charge in [0.15, 0.2) is 0 Å². The van der Waals surface area contributed by atoms with E-state index in [9.17, 15) is 9.18 Å². The van der Waals surface area contributed by atoms with E-state index in [4.69, 9.17) is 4.74 Å². The molecule has 0 saturated carbocycles. The van der Waals surface area contributed by atoms with Crippen molar-refractivity contribution in [2.75, 3.05) is 6.61 Å². The molecule has 82 valence electrons. The fraction of sp³-hybridized carbons (Fsp3) is 0.417. The topological polar surface area (TPSA) is 26.3 Å². The van der Waals surface area contributed by atoms with E-state index < -0.39 is 11.4 Å². The molecule has 0 bridgehead atoms. The summed E-state index contributed by atoms with van der Waals surface area (Å²) < 4.78 is 18.4. The van der Waals surface area contributed by atoms with Gasteiger partial charge in [0.05, 0.1) is 12.0 Å². The Kier molecular flexibility index (Phi) is 3.45. The van der Waals surface area contributed by atoms with E-state index in [0.717, 1.165) is 0 Å². The van der Waals surface area contributed by atoms with Gasteiger partial charge in [0.2, 0.25) is 0 Å². The third-order valence-corrected chi connectivity index (χ3v) is 2.33. The monoisotopic (exact) mass is 210 g/mol. The van der Waals surface area contributed by atoms with Crippen LogP contribution >= 0.6 is 0 Å². The van der Waals surface area contributed by atoms with Crippen LogP contribution in [-0.2, 0) is 14.9 Å². The van der Waals surface area contributed by atoms with Crippen LogP contribution in [0.3, 0.4) is 0 Å². The standard InChI is InChI=1S/C12H15FO2/c1-4-15-11(14)12(2,3)9-7-5-6-8-10(9)13/h5-8H,4H2,1-3H3. The number of hydrogen-bond donors (Lipinski definition) is 0. The molecular formula is C12H15FO2. The van der Waals surface area contributed by atoms with E-state index >= 15 is 0 Å².